The normalized spacial score (nSPS) is 10.7. The summed E-state index contributed by atoms with van der Waals surface area (Å²) in [5.74, 6) is -1.32. The van der Waals surface area contributed by atoms with E-state index >= 15 is 0 Å². The van der Waals surface area contributed by atoms with Gasteiger partial charge < -0.3 is 5.11 Å². The minimum atomic E-state index is -1.32. The summed E-state index contributed by atoms with van der Waals surface area (Å²) in [5.41, 5.74) is 0.327. The maximum Gasteiger partial charge on any atom is 0.341 e. The lowest BCUT2D eigenvalue weighted by Crippen LogP contribution is -2.27. The third-order valence-electron chi connectivity index (χ3n) is 3.08. The third-order valence-corrected chi connectivity index (χ3v) is 4.41. The first-order chi connectivity index (χ1) is 11.0. The average molecular weight is 367 g/mol. The molecule has 2 heterocycles. The fourth-order valence-corrected chi connectivity index (χ4v) is 2.96. The first-order valence-electron chi connectivity index (χ1n) is 6.34. The van der Waals surface area contributed by atoms with E-state index in [-0.39, 0.29) is 5.56 Å². The van der Waals surface area contributed by atoms with E-state index in [1.165, 1.54) is 17.4 Å². The molecule has 3 rings (SSSR count). The highest BCUT2D eigenvalue weighted by Gasteiger charge is 2.17. The maximum absolute atomic E-state index is 12.3. The number of hydrogen-bond donors (Lipinski definition) is 1. The lowest BCUT2D eigenvalue weighted by Gasteiger charge is -2.08. The smallest absolute Gasteiger partial charge is 0.341 e. The molecule has 0 saturated heterocycles. The van der Waals surface area contributed by atoms with Gasteiger partial charge in [-0.25, -0.2) is 4.79 Å². The van der Waals surface area contributed by atoms with Gasteiger partial charge in [-0.3, -0.25) is 4.79 Å². The standard InChI is InChI=1S/C15H8Cl2N2O3S/c16-9-3-1-8(2-4-9)12-6-11(15(21)22)14(20)19(18-12)10-5-13(17)23-7-10/h1-7H,(H,21,22). The largest absolute Gasteiger partial charge is 0.477 e. The van der Waals surface area contributed by atoms with Crippen LogP contribution in [0.25, 0.3) is 16.9 Å². The predicted octanol–water partition coefficient (Wildman–Crippen LogP) is 3.97. The SMILES string of the molecule is O=C(O)c1cc(-c2ccc(Cl)cc2)nn(-c2csc(Cl)c2)c1=O. The number of nitrogens with zero attached hydrogens (tertiary/aromatic N) is 2. The van der Waals surface area contributed by atoms with Crippen LogP contribution >= 0.6 is 34.5 Å². The molecule has 3 aromatic rings. The van der Waals surface area contributed by atoms with Crippen LogP contribution in [0, 0.1) is 0 Å². The molecule has 0 spiro atoms. The summed E-state index contributed by atoms with van der Waals surface area (Å²) in [6.45, 7) is 0. The zero-order valence-corrected chi connectivity index (χ0v) is 13.7. The summed E-state index contributed by atoms with van der Waals surface area (Å²) in [6.07, 6.45) is 0. The Balaban J connectivity index is 2.25. The fraction of sp³-hybridized carbons (Fsp3) is 0. The zero-order chi connectivity index (χ0) is 16.6. The second kappa shape index (κ2) is 6.16. The molecule has 116 valence electrons. The van der Waals surface area contributed by atoms with Crippen LogP contribution in [0.4, 0.5) is 0 Å². The van der Waals surface area contributed by atoms with Crippen molar-refractivity contribution in [2.24, 2.45) is 0 Å². The van der Waals surface area contributed by atoms with Gasteiger partial charge in [0, 0.05) is 16.0 Å². The Bertz CT molecular complexity index is 948. The van der Waals surface area contributed by atoms with Gasteiger partial charge in [-0.05, 0) is 24.3 Å². The molecule has 0 unspecified atom stereocenters. The average Bonchev–Trinajstić information content (AvgIpc) is 2.94. The van der Waals surface area contributed by atoms with E-state index in [1.54, 1.807) is 35.7 Å². The topological polar surface area (TPSA) is 72.2 Å². The summed E-state index contributed by atoms with van der Waals surface area (Å²) >= 11 is 13.0. The van der Waals surface area contributed by atoms with Gasteiger partial charge in [0.05, 0.1) is 15.7 Å². The zero-order valence-electron chi connectivity index (χ0n) is 11.4. The number of aromatic carboxylic acids is 1. The van der Waals surface area contributed by atoms with Gasteiger partial charge in [-0.1, -0.05) is 35.3 Å². The van der Waals surface area contributed by atoms with Crippen LogP contribution in [0.15, 0.2) is 46.6 Å². The van der Waals surface area contributed by atoms with Crippen molar-refractivity contribution >= 4 is 40.5 Å². The molecule has 0 saturated carbocycles. The molecular formula is C15H8Cl2N2O3S. The summed E-state index contributed by atoms with van der Waals surface area (Å²) < 4.78 is 1.51. The fourth-order valence-electron chi connectivity index (χ4n) is 2.00. The molecule has 0 fully saturated rings. The number of thiophene rings is 1. The molecule has 0 radical (unpaired) electrons. The van der Waals surface area contributed by atoms with E-state index in [4.69, 9.17) is 23.2 Å². The summed E-state index contributed by atoms with van der Waals surface area (Å²) in [5, 5.41) is 15.7. The van der Waals surface area contributed by atoms with Crippen molar-refractivity contribution in [2.75, 3.05) is 0 Å². The minimum absolute atomic E-state index is 0.348. The van der Waals surface area contributed by atoms with E-state index in [0.29, 0.717) is 26.3 Å². The number of carboxylic acid groups (broad SMARTS) is 1. The Kier molecular flexibility index (Phi) is 4.21. The van der Waals surface area contributed by atoms with E-state index in [1.807, 2.05) is 0 Å². The van der Waals surface area contributed by atoms with E-state index in [9.17, 15) is 14.7 Å². The lowest BCUT2D eigenvalue weighted by molar-refractivity contribution is 0.0694. The number of carboxylic acids is 1. The molecule has 0 bridgehead atoms. The van der Waals surface area contributed by atoms with Crippen LogP contribution in [0.2, 0.25) is 9.36 Å². The van der Waals surface area contributed by atoms with Gasteiger partial charge in [0.2, 0.25) is 0 Å². The molecule has 0 atom stereocenters. The highest BCUT2D eigenvalue weighted by molar-refractivity contribution is 7.14. The molecule has 23 heavy (non-hydrogen) atoms. The summed E-state index contributed by atoms with van der Waals surface area (Å²) in [4.78, 5) is 23.7. The second-order valence-corrected chi connectivity index (χ2v) is 6.56. The summed E-state index contributed by atoms with van der Waals surface area (Å²) in [7, 11) is 0. The van der Waals surface area contributed by atoms with E-state index in [2.05, 4.69) is 5.10 Å². The first-order valence-corrected chi connectivity index (χ1v) is 7.97. The van der Waals surface area contributed by atoms with Gasteiger partial charge in [-0.15, -0.1) is 11.3 Å². The van der Waals surface area contributed by atoms with Crippen LogP contribution < -0.4 is 5.56 Å². The first kappa shape index (κ1) is 15.7. The minimum Gasteiger partial charge on any atom is -0.477 e. The van der Waals surface area contributed by atoms with Gasteiger partial charge in [0.25, 0.3) is 5.56 Å². The molecule has 8 heteroatoms. The molecule has 5 nitrogen and oxygen atoms in total. The van der Waals surface area contributed by atoms with E-state index < -0.39 is 11.5 Å². The van der Waals surface area contributed by atoms with Crippen molar-refractivity contribution in [3.8, 4) is 16.9 Å². The molecule has 1 aromatic carbocycles. The van der Waals surface area contributed by atoms with Gasteiger partial charge in [0.1, 0.15) is 5.56 Å². The number of hydrogen-bond acceptors (Lipinski definition) is 4. The molecule has 0 aliphatic heterocycles. The Labute approximate surface area is 144 Å². The van der Waals surface area contributed by atoms with E-state index in [0.717, 1.165) is 4.68 Å². The second-order valence-electron chi connectivity index (χ2n) is 4.58. The van der Waals surface area contributed by atoms with Crippen molar-refractivity contribution in [2.45, 2.75) is 0 Å². The Morgan fingerprint density at radius 3 is 2.43 bits per heavy atom. The van der Waals surface area contributed by atoms with Gasteiger partial charge >= 0.3 is 5.97 Å². The maximum atomic E-state index is 12.3. The quantitative estimate of drug-likeness (QED) is 0.761. The molecule has 0 amide bonds. The van der Waals surface area contributed by atoms with Crippen molar-refractivity contribution in [3.63, 3.8) is 0 Å². The number of carbonyl (C=O) groups is 1. The molecular weight excluding hydrogens is 359 g/mol. The van der Waals surface area contributed by atoms with Crippen LogP contribution in [0.3, 0.4) is 0 Å². The Hall–Kier alpha value is -2.15. The number of rotatable bonds is 3. The molecule has 0 aliphatic carbocycles. The van der Waals surface area contributed by atoms with Crippen molar-refractivity contribution in [1.82, 2.24) is 9.78 Å². The molecule has 0 aliphatic rings. The predicted molar refractivity (Wildman–Crippen MR) is 90.1 cm³/mol. The van der Waals surface area contributed by atoms with Gasteiger partial charge in [0.15, 0.2) is 0 Å². The van der Waals surface area contributed by atoms with Crippen LogP contribution in [0.5, 0.6) is 0 Å². The number of aromatic nitrogens is 2. The number of halogens is 2. The van der Waals surface area contributed by atoms with Crippen LogP contribution in [-0.2, 0) is 0 Å². The van der Waals surface area contributed by atoms with Crippen molar-refractivity contribution < 1.29 is 9.90 Å². The highest BCUT2D eigenvalue weighted by Crippen LogP contribution is 2.24. The molecule has 1 N–H and O–H groups in total. The van der Waals surface area contributed by atoms with Crippen molar-refractivity contribution in [3.05, 3.63) is 67.1 Å². The monoisotopic (exact) mass is 366 g/mol. The Morgan fingerprint density at radius 2 is 1.87 bits per heavy atom. The summed E-state index contributed by atoms with van der Waals surface area (Å²) in [6, 6.07) is 9.53. The number of benzene rings is 1. The Morgan fingerprint density at radius 1 is 1.17 bits per heavy atom. The van der Waals surface area contributed by atoms with Crippen LogP contribution in [-0.4, -0.2) is 20.9 Å². The van der Waals surface area contributed by atoms with Crippen LogP contribution in [0.1, 0.15) is 10.4 Å². The van der Waals surface area contributed by atoms with Gasteiger partial charge in [-0.2, -0.15) is 9.78 Å². The third kappa shape index (κ3) is 3.14. The highest BCUT2D eigenvalue weighted by atomic mass is 35.5. The lowest BCUT2D eigenvalue weighted by atomic mass is 10.1. The van der Waals surface area contributed by atoms with Crippen molar-refractivity contribution in [1.29, 1.82) is 0 Å². The molecule has 2 aromatic heterocycles.